The average Bonchev–Trinajstić information content (AvgIpc) is 2.46. The number of hydrogen-bond acceptors (Lipinski definition) is 6. The molecule has 7 heteroatoms. The molecule has 104 valence electrons. The van der Waals surface area contributed by atoms with Crippen LogP contribution in [0, 0.1) is 0 Å². The van der Waals surface area contributed by atoms with Crippen molar-refractivity contribution in [3.8, 4) is 0 Å². The van der Waals surface area contributed by atoms with Gasteiger partial charge in [0.25, 0.3) is 5.91 Å². The molecule has 1 unspecified atom stereocenters. The maximum atomic E-state index is 12.2. The molecular formula is C12H17N3O3S. The molecule has 1 aromatic rings. The first-order valence-electron chi connectivity index (χ1n) is 6.06. The number of hydrogen-bond donors (Lipinski definition) is 2. The summed E-state index contributed by atoms with van der Waals surface area (Å²) in [4.78, 5) is 21.9. The lowest BCUT2D eigenvalue weighted by atomic mass is 9.93. The van der Waals surface area contributed by atoms with E-state index in [-0.39, 0.29) is 19.1 Å². The molecular weight excluding hydrogens is 266 g/mol. The number of β-amino-alcohol motifs (C(OH)–C–C–N with tert-alkyl or cyclic N) is 1. The van der Waals surface area contributed by atoms with Gasteiger partial charge in [-0.15, -0.1) is 0 Å². The molecule has 0 spiro atoms. The van der Waals surface area contributed by atoms with Gasteiger partial charge in [-0.3, -0.25) is 4.79 Å². The Labute approximate surface area is 115 Å². The standard InChI is InChI=1S/C12H17N3O3S/c1-19-11-13-5-9(6-14-11)10(17)15-4-2-3-12(18,7-15)8-16/h5-6,16,18H,2-4,7-8H2,1H3. The van der Waals surface area contributed by atoms with Crippen molar-refractivity contribution in [3.05, 3.63) is 18.0 Å². The Hall–Kier alpha value is -1.18. The lowest BCUT2D eigenvalue weighted by Crippen LogP contribution is -2.52. The number of thioether (sulfide) groups is 1. The zero-order valence-corrected chi connectivity index (χ0v) is 11.6. The molecule has 1 saturated heterocycles. The third-order valence-corrected chi connectivity index (χ3v) is 3.77. The fourth-order valence-corrected chi connectivity index (χ4v) is 2.45. The molecule has 0 aromatic carbocycles. The first-order chi connectivity index (χ1) is 9.08. The van der Waals surface area contributed by atoms with E-state index in [0.29, 0.717) is 30.1 Å². The normalized spacial score (nSPS) is 23.4. The molecule has 1 aliphatic rings. The van der Waals surface area contributed by atoms with E-state index in [1.165, 1.54) is 29.1 Å². The highest BCUT2D eigenvalue weighted by molar-refractivity contribution is 7.98. The quantitative estimate of drug-likeness (QED) is 0.607. The molecule has 1 aromatic heterocycles. The van der Waals surface area contributed by atoms with Crippen LogP contribution in [0.1, 0.15) is 23.2 Å². The van der Waals surface area contributed by atoms with Gasteiger partial charge in [0, 0.05) is 18.9 Å². The second kappa shape index (κ2) is 5.85. The number of piperidine rings is 1. The molecule has 2 heterocycles. The van der Waals surface area contributed by atoms with Crippen LogP contribution in [0.4, 0.5) is 0 Å². The van der Waals surface area contributed by atoms with E-state index in [4.69, 9.17) is 0 Å². The van der Waals surface area contributed by atoms with Crippen molar-refractivity contribution in [1.29, 1.82) is 0 Å². The molecule has 0 radical (unpaired) electrons. The third kappa shape index (κ3) is 3.23. The molecule has 1 aliphatic heterocycles. The maximum Gasteiger partial charge on any atom is 0.257 e. The van der Waals surface area contributed by atoms with Gasteiger partial charge < -0.3 is 15.1 Å². The van der Waals surface area contributed by atoms with Crippen molar-refractivity contribution in [2.24, 2.45) is 0 Å². The third-order valence-electron chi connectivity index (χ3n) is 3.19. The minimum atomic E-state index is -1.19. The highest BCUT2D eigenvalue weighted by Gasteiger charge is 2.35. The summed E-state index contributed by atoms with van der Waals surface area (Å²) in [6, 6.07) is 0. The van der Waals surface area contributed by atoms with Crippen LogP contribution >= 0.6 is 11.8 Å². The molecule has 1 amide bonds. The molecule has 0 aliphatic carbocycles. The van der Waals surface area contributed by atoms with Crippen molar-refractivity contribution < 1.29 is 15.0 Å². The number of carbonyl (C=O) groups excluding carboxylic acids is 1. The van der Waals surface area contributed by atoms with E-state index in [1.807, 2.05) is 6.26 Å². The monoisotopic (exact) mass is 283 g/mol. The first kappa shape index (κ1) is 14.2. The Morgan fingerprint density at radius 3 is 2.79 bits per heavy atom. The van der Waals surface area contributed by atoms with Crippen LogP contribution in [0.2, 0.25) is 0 Å². The second-order valence-electron chi connectivity index (χ2n) is 4.67. The summed E-state index contributed by atoms with van der Waals surface area (Å²) < 4.78 is 0. The van der Waals surface area contributed by atoms with Crippen LogP contribution < -0.4 is 0 Å². The molecule has 1 fully saturated rings. The van der Waals surface area contributed by atoms with Crippen LogP contribution in [0.3, 0.4) is 0 Å². The fourth-order valence-electron chi connectivity index (χ4n) is 2.13. The Morgan fingerprint density at radius 2 is 2.21 bits per heavy atom. The summed E-state index contributed by atoms with van der Waals surface area (Å²) in [7, 11) is 0. The SMILES string of the molecule is CSc1ncc(C(=O)N2CCCC(O)(CO)C2)cn1. The minimum absolute atomic E-state index is 0.145. The molecule has 19 heavy (non-hydrogen) atoms. The first-order valence-corrected chi connectivity index (χ1v) is 7.29. The largest absolute Gasteiger partial charge is 0.393 e. The summed E-state index contributed by atoms with van der Waals surface area (Å²) in [5.41, 5.74) is -0.784. The van der Waals surface area contributed by atoms with Crippen molar-refractivity contribution >= 4 is 17.7 Å². The molecule has 2 rings (SSSR count). The Bertz CT molecular complexity index is 454. The van der Waals surface area contributed by atoms with Gasteiger partial charge in [0.15, 0.2) is 5.16 Å². The van der Waals surface area contributed by atoms with Gasteiger partial charge in [0.2, 0.25) is 0 Å². The average molecular weight is 283 g/mol. The van der Waals surface area contributed by atoms with Gasteiger partial charge >= 0.3 is 0 Å². The number of aliphatic hydroxyl groups excluding tert-OH is 1. The van der Waals surface area contributed by atoms with Crippen LogP contribution in [0.25, 0.3) is 0 Å². The smallest absolute Gasteiger partial charge is 0.257 e. The number of aromatic nitrogens is 2. The van der Waals surface area contributed by atoms with Crippen LogP contribution in [0.5, 0.6) is 0 Å². The summed E-state index contributed by atoms with van der Waals surface area (Å²) in [6.45, 7) is 0.386. The van der Waals surface area contributed by atoms with E-state index in [2.05, 4.69) is 9.97 Å². The summed E-state index contributed by atoms with van der Waals surface area (Å²) >= 11 is 1.41. The number of nitrogens with zero attached hydrogens (tertiary/aromatic N) is 3. The van der Waals surface area contributed by atoms with E-state index < -0.39 is 5.60 Å². The van der Waals surface area contributed by atoms with Gasteiger partial charge in [0.1, 0.15) is 5.60 Å². The zero-order chi connectivity index (χ0) is 13.9. The molecule has 0 saturated carbocycles. The lowest BCUT2D eigenvalue weighted by Gasteiger charge is -2.37. The number of rotatable bonds is 3. The highest BCUT2D eigenvalue weighted by atomic mass is 32.2. The van der Waals surface area contributed by atoms with Crippen LogP contribution in [-0.4, -0.2) is 62.5 Å². The van der Waals surface area contributed by atoms with Gasteiger partial charge in [-0.05, 0) is 19.1 Å². The summed E-state index contributed by atoms with van der Waals surface area (Å²) in [5.74, 6) is -0.209. The molecule has 6 nitrogen and oxygen atoms in total. The maximum absolute atomic E-state index is 12.2. The van der Waals surface area contributed by atoms with E-state index in [0.717, 1.165) is 0 Å². The van der Waals surface area contributed by atoms with Crippen molar-refractivity contribution in [2.75, 3.05) is 26.0 Å². The summed E-state index contributed by atoms with van der Waals surface area (Å²) in [6.07, 6.45) is 6.03. The zero-order valence-electron chi connectivity index (χ0n) is 10.7. The van der Waals surface area contributed by atoms with Crippen molar-refractivity contribution in [3.63, 3.8) is 0 Å². The van der Waals surface area contributed by atoms with Gasteiger partial charge in [0.05, 0.1) is 18.7 Å². The predicted octanol–water partition coefficient (Wildman–Crippen LogP) is 0.158. The van der Waals surface area contributed by atoms with Crippen molar-refractivity contribution in [2.45, 2.75) is 23.6 Å². The highest BCUT2D eigenvalue weighted by Crippen LogP contribution is 2.22. The van der Waals surface area contributed by atoms with Crippen LogP contribution in [-0.2, 0) is 0 Å². The Morgan fingerprint density at radius 1 is 1.53 bits per heavy atom. The topological polar surface area (TPSA) is 86.6 Å². The van der Waals surface area contributed by atoms with E-state index in [9.17, 15) is 15.0 Å². The second-order valence-corrected chi connectivity index (χ2v) is 5.44. The molecule has 0 bridgehead atoms. The lowest BCUT2D eigenvalue weighted by molar-refractivity contribution is -0.0598. The Balaban J connectivity index is 2.10. The van der Waals surface area contributed by atoms with E-state index >= 15 is 0 Å². The predicted molar refractivity (Wildman–Crippen MR) is 71.0 cm³/mol. The number of likely N-dealkylation sites (tertiary alicyclic amines) is 1. The molecule has 1 atom stereocenters. The Kier molecular flexibility index (Phi) is 4.38. The van der Waals surface area contributed by atoms with Gasteiger partial charge in [-0.2, -0.15) is 0 Å². The number of amides is 1. The number of carbonyl (C=O) groups is 1. The minimum Gasteiger partial charge on any atom is -0.393 e. The molecule has 2 N–H and O–H groups in total. The number of aliphatic hydroxyl groups is 2. The van der Waals surface area contributed by atoms with Gasteiger partial charge in [-0.1, -0.05) is 11.8 Å². The van der Waals surface area contributed by atoms with Crippen LogP contribution in [0.15, 0.2) is 17.6 Å². The van der Waals surface area contributed by atoms with E-state index in [1.54, 1.807) is 0 Å². The fraction of sp³-hybridized carbons (Fsp3) is 0.583. The summed E-state index contributed by atoms with van der Waals surface area (Å²) in [5, 5.41) is 19.8. The van der Waals surface area contributed by atoms with Crippen molar-refractivity contribution in [1.82, 2.24) is 14.9 Å². The van der Waals surface area contributed by atoms with Gasteiger partial charge in [-0.25, -0.2) is 9.97 Å².